The van der Waals surface area contributed by atoms with Crippen LogP contribution in [0.25, 0.3) is 11.1 Å². The molecule has 0 heterocycles. The summed E-state index contributed by atoms with van der Waals surface area (Å²) in [6.45, 7) is 5.00. The van der Waals surface area contributed by atoms with Crippen LogP contribution in [0.15, 0.2) is 66.7 Å². The number of alkyl carbamates (subject to hydrolysis) is 1. The zero-order chi connectivity index (χ0) is 24.5. The minimum atomic E-state index is -1.30. The normalized spacial score (nSPS) is 12.4. The Morgan fingerprint density at radius 1 is 0.941 bits per heavy atom. The van der Waals surface area contributed by atoms with Gasteiger partial charge < -0.3 is 20.5 Å². The maximum absolute atomic E-state index is 12.9. The Bertz CT molecular complexity index is 1240. The number of carboxylic acids is 1. The van der Waals surface area contributed by atoms with Crippen molar-refractivity contribution in [2.75, 3.05) is 11.9 Å². The third kappa shape index (κ3) is 4.50. The Labute approximate surface area is 197 Å². The maximum atomic E-state index is 12.9. The summed E-state index contributed by atoms with van der Waals surface area (Å²) in [6, 6.07) is 20.6. The monoisotopic (exact) mass is 458 g/mol. The highest BCUT2D eigenvalue weighted by Gasteiger charge is 2.33. The van der Waals surface area contributed by atoms with Crippen LogP contribution in [0, 0.1) is 6.92 Å². The molecule has 3 aromatic carbocycles. The molecule has 7 heteroatoms. The first-order valence-corrected chi connectivity index (χ1v) is 11.0. The van der Waals surface area contributed by atoms with Crippen molar-refractivity contribution in [3.63, 3.8) is 0 Å². The van der Waals surface area contributed by atoms with Gasteiger partial charge >= 0.3 is 12.1 Å². The molecular formula is C27H26N2O5. The SMILES string of the molecule is Cc1ccc(C(=O)O)cc1NC(=O)C(C)(C)NC(=O)OCC1c2ccccc2-c2ccccc21. The average molecular weight is 459 g/mol. The fraction of sp³-hybridized carbons (Fsp3) is 0.222. The molecule has 3 aromatic rings. The number of amides is 2. The Balaban J connectivity index is 1.42. The number of aromatic carboxylic acids is 1. The molecule has 2 amide bonds. The lowest BCUT2D eigenvalue weighted by Crippen LogP contribution is -2.52. The van der Waals surface area contributed by atoms with E-state index in [-0.39, 0.29) is 18.1 Å². The first-order chi connectivity index (χ1) is 16.2. The minimum Gasteiger partial charge on any atom is -0.478 e. The molecule has 1 aliphatic rings. The number of ether oxygens (including phenoxy) is 1. The van der Waals surface area contributed by atoms with Gasteiger partial charge in [0.05, 0.1) is 5.56 Å². The van der Waals surface area contributed by atoms with Crippen molar-refractivity contribution in [2.24, 2.45) is 0 Å². The van der Waals surface area contributed by atoms with Crippen molar-refractivity contribution < 1.29 is 24.2 Å². The fourth-order valence-electron chi connectivity index (χ4n) is 4.11. The molecular weight excluding hydrogens is 432 g/mol. The van der Waals surface area contributed by atoms with Gasteiger partial charge in [-0.3, -0.25) is 4.79 Å². The van der Waals surface area contributed by atoms with E-state index in [9.17, 15) is 19.5 Å². The van der Waals surface area contributed by atoms with Gasteiger partial charge in [0.15, 0.2) is 0 Å². The second-order valence-electron chi connectivity index (χ2n) is 8.86. The molecule has 34 heavy (non-hydrogen) atoms. The number of hydrogen-bond acceptors (Lipinski definition) is 4. The van der Waals surface area contributed by atoms with Crippen molar-refractivity contribution in [3.8, 4) is 11.1 Å². The molecule has 1 aliphatic carbocycles. The third-order valence-corrected chi connectivity index (χ3v) is 6.06. The predicted octanol–water partition coefficient (Wildman–Crippen LogP) is 4.95. The Morgan fingerprint density at radius 3 is 2.12 bits per heavy atom. The molecule has 7 nitrogen and oxygen atoms in total. The lowest BCUT2D eigenvalue weighted by atomic mass is 9.98. The number of anilines is 1. The van der Waals surface area contributed by atoms with Crippen LogP contribution in [0.1, 0.15) is 46.8 Å². The molecule has 0 bridgehead atoms. The highest BCUT2D eigenvalue weighted by Crippen LogP contribution is 2.44. The van der Waals surface area contributed by atoms with E-state index < -0.39 is 23.5 Å². The number of benzene rings is 3. The lowest BCUT2D eigenvalue weighted by molar-refractivity contribution is -0.121. The van der Waals surface area contributed by atoms with Crippen LogP contribution in [0.3, 0.4) is 0 Å². The Kier molecular flexibility index (Phi) is 6.11. The number of carbonyl (C=O) groups is 3. The van der Waals surface area contributed by atoms with Gasteiger partial charge in [0.1, 0.15) is 12.1 Å². The number of carbonyl (C=O) groups excluding carboxylic acids is 2. The number of nitrogens with one attached hydrogen (secondary N) is 2. The number of carboxylic acid groups (broad SMARTS) is 1. The standard InChI is InChI=1S/C27H26N2O5/c1-16-12-13-17(24(30)31)14-23(16)28-25(32)27(2,3)29-26(33)34-15-22-20-10-6-4-8-18(20)19-9-5-7-11-21(19)22/h4-14,22H,15H2,1-3H3,(H,28,32)(H,29,33)(H,30,31). The van der Waals surface area contributed by atoms with Gasteiger partial charge in [0.2, 0.25) is 5.91 Å². The Hall–Kier alpha value is -4.13. The van der Waals surface area contributed by atoms with Gasteiger partial charge in [0.25, 0.3) is 0 Å². The summed E-state index contributed by atoms with van der Waals surface area (Å²) in [5.74, 6) is -1.67. The molecule has 0 saturated heterocycles. The van der Waals surface area contributed by atoms with Crippen LogP contribution in [0.2, 0.25) is 0 Å². The molecule has 4 rings (SSSR count). The fourth-order valence-corrected chi connectivity index (χ4v) is 4.11. The van der Waals surface area contributed by atoms with Gasteiger partial charge in [-0.1, -0.05) is 54.6 Å². The third-order valence-electron chi connectivity index (χ3n) is 6.06. The molecule has 0 saturated carbocycles. The van der Waals surface area contributed by atoms with Crippen molar-refractivity contribution in [1.82, 2.24) is 5.32 Å². The first kappa shape index (κ1) is 23.0. The van der Waals surface area contributed by atoms with Crippen molar-refractivity contribution >= 4 is 23.7 Å². The van der Waals surface area contributed by atoms with Gasteiger partial charge in [-0.05, 0) is 60.7 Å². The van der Waals surface area contributed by atoms with E-state index in [1.807, 2.05) is 36.4 Å². The molecule has 0 spiro atoms. The molecule has 0 aliphatic heterocycles. The van der Waals surface area contributed by atoms with Crippen molar-refractivity contribution in [3.05, 3.63) is 89.0 Å². The highest BCUT2D eigenvalue weighted by atomic mass is 16.5. The van der Waals surface area contributed by atoms with E-state index in [2.05, 4.69) is 22.8 Å². The summed E-state index contributed by atoms with van der Waals surface area (Å²) in [6.07, 6.45) is -0.710. The summed E-state index contributed by atoms with van der Waals surface area (Å²) in [5, 5.41) is 14.5. The lowest BCUT2D eigenvalue weighted by Gasteiger charge is -2.25. The second kappa shape index (κ2) is 9.02. The van der Waals surface area contributed by atoms with Crippen LogP contribution in [0.5, 0.6) is 0 Å². The zero-order valence-corrected chi connectivity index (χ0v) is 19.2. The van der Waals surface area contributed by atoms with Crippen LogP contribution >= 0.6 is 0 Å². The summed E-state index contributed by atoms with van der Waals surface area (Å²) in [5.41, 5.74) is 4.29. The van der Waals surface area contributed by atoms with E-state index in [4.69, 9.17) is 4.74 Å². The topological polar surface area (TPSA) is 105 Å². The smallest absolute Gasteiger partial charge is 0.408 e. The molecule has 0 fully saturated rings. The summed E-state index contributed by atoms with van der Waals surface area (Å²) in [7, 11) is 0. The largest absolute Gasteiger partial charge is 0.478 e. The number of aryl methyl sites for hydroxylation is 1. The quantitative estimate of drug-likeness (QED) is 0.485. The number of rotatable bonds is 6. The average Bonchev–Trinajstić information content (AvgIpc) is 3.12. The van der Waals surface area contributed by atoms with E-state index >= 15 is 0 Å². The summed E-state index contributed by atoms with van der Waals surface area (Å²) < 4.78 is 5.54. The second-order valence-corrected chi connectivity index (χ2v) is 8.86. The maximum Gasteiger partial charge on any atom is 0.408 e. The number of hydrogen-bond donors (Lipinski definition) is 3. The van der Waals surface area contributed by atoms with E-state index in [0.29, 0.717) is 11.3 Å². The van der Waals surface area contributed by atoms with Crippen molar-refractivity contribution in [1.29, 1.82) is 0 Å². The molecule has 0 unspecified atom stereocenters. The summed E-state index contributed by atoms with van der Waals surface area (Å²) >= 11 is 0. The van der Waals surface area contributed by atoms with Gasteiger partial charge in [-0.25, -0.2) is 9.59 Å². The first-order valence-electron chi connectivity index (χ1n) is 11.0. The van der Waals surface area contributed by atoms with Gasteiger partial charge in [0, 0.05) is 11.6 Å². The van der Waals surface area contributed by atoms with Crippen molar-refractivity contribution in [2.45, 2.75) is 32.2 Å². The Morgan fingerprint density at radius 2 is 1.53 bits per heavy atom. The van der Waals surface area contributed by atoms with Crippen LogP contribution in [-0.2, 0) is 9.53 Å². The molecule has 0 atom stereocenters. The van der Waals surface area contributed by atoms with Gasteiger partial charge in [-0.2, -0.15) is 0 Å². The number of fused-ring (bicyclic) bond motifs is 3. The molecule has 174 valence electrons. The predicted molar refractivity (Wildman–Crippen MR) is 129 cm³/mol. The highest BCUT2D eigenvalue weighted by molar-refractivity contribution is 6.00. The van der Waals surface area contributed by atoms with E-state index in [1.54, 1.807) is 26.8 Å². The zero-order valence-electron chi connectivity index (χ0n) is 19.2. The minimum absolute atomic E-state index is 0.0585. The van der Waals surface area contributed by atoms with E-state index in [0.717, 1.165) is 22.3 Å². The van der Waals surface area contributed by atoms with Crippen LogP contribution in [0.4, 0.5) is 10.5 Å². The molecule has 0 radical (unpaired) electrons. The summed E-state index contributed by atoms with van der Waals surface area (Å²) in [4.78, 5) is 36.7. The van der Waals surface area contributed by atoms with Gasteiger partial charge in [-0.15, -0.1) is 0 Å². The van der Waals surface area contributed by atoms with E-state index in [1.165, 1.54) is 12.1 Å². The van der Waals surface area contributed by atoms with Crippen LogP contribution < -0.4 is 10.6 Å². The van der Waals surface area contributed by atoms with Crippen LogP contribution in [-0.4, -0.2) is 35.2 Å². The molecule has 3 N–H and O–H groups in total. The molecule has 0 aromatic heterocycles.